The number of aryl methyl sites for hydroxylation is 1. The van der Waals surface area contributed by atoms with Crippen LogP contribution in [0.2, 0.25) is 0 Å². The average molecular weight is 352 g/mol. The highest BCUT2D eigenvalue weighted by Gasteiger charge is 2.34. The van der Waals surface area contributed by atoms with Gasteiger partial charge in [0, 0.05) is 50.2 Å². The van der Waals surface area contributed by atoms with Crippen LogP contribution in [-0.2, 0) is 12.7 Å². The summed E-state index contributed by atoms with van der Waals surface area (Å²) in [5.74, 6) is 0.634. The van der Waals surface area contributed by atoms with Crippen LogP contribution in [0.25, 0.3) is 0 Å². The molecule has 0 aromatic carbocycles. The fourth-order valence-corrected chi connectivity index (χ4v) is 2.77. The Morgan fingerprint density at radius 1 is 1.16 bits per heavy atom. The van der Waals surface area contributed by atoms with Crippen molar-refractivity contribution in [1.29, 1.82) is 0 Å². The number of alkyl halides is 3. The summed E-state index contributed by atoms with van der Waals surface area (Å²) >= 11 is 0. The Morgan fingerprint density at radius 2 is 1.88 bits per heavy atom. The van der Waals surface area contributed by atoms with Crippen LogP contribution in [0.15, 0.2) is 24.4 Å². The number of nitrogens with two attached hydrogens (primary N) is 1. The Bertz CT molecular complexity index is 741. The molecular formula is C16H19F3N6. The van der Waals surface area contributed by atoms with Crippen molar-refractivity contribution >= 4 is 11.8 Å². The van der Waals surface area contributed by atoms with Gasteiger partial charge in [0.2, 0.25) is 5.95 Å². The van der Waals surface area contributed by atoms with Crippen LogP contribution in [0.3, 0.4) is 0 Å². The number of pyridine rings is 1. The largest absolute Gasteiger partial charge is 0.433 e. The first-order valence-electron chi connectivity index (χ1n) is 7.92. The lowest BCUT2D eigenvalue weighted by molar-refractivity contribution is -0.141. The van der Waals surface area contributed by atoms with Crippen molar-refractivity contribution in [3.63, 3.8) is 0 Å². The number of hydrogen-bond donors (Lipinski definition) is 1. The second-order valence-corrected chi connectivity index (χ2v) is 6.00. The van der Waals surface area contributed by atoms with Crippen LogP contribution in [0.4, 0.5) is 24.9 Å². The molecule has 0 amide bonds. The molecule has 0 unspecified atom stereocenters. The summed E-state index contributed by atoms with van der Waals surface area (Å²) in [6.07, 6.45) is -2.83. The van der Waals surface area contributed by atoms with Gasteiger partial charge < -0.3 is 10.6 Å². The minimum absolute atomic E-state index is 0.132. The van der Waals surface area contributed by atoms with Crippen LogP contribution in [0.5, 0.6) is 0 Å². The molecule has 1 aliphatic heterocycles. The number of nitrogens with zero attached hydrogens (tertiary/aromatic N) is 5. The van der Waals surface area contributed by atoms with E-state index in [1.807, 2.05) is 12.1 Å². The summed E-state index contributed by atoms with van der Waals surface area (Å²) in [5.41, 5.74) is 6.21. The summed E-state index contributed by atoms with van der Waals surface area (Å²) < 4.78 is 38.8. The number of piperazine rings is 1. The van der Waals surface area contributed by atoms with Crippen LogP contribution >= 0.6 is 0 Å². The SMILES string of the molecule is Cc1cc(C(F)(F)F)nc(N2CCN(Cc3cccnc3N)CC2)n1. The molecule has 3 rings (SSSR count). The third kappa shape index (κ3) is 4.16. The minimum Gasteiger partial charge on any atom is -0.383 e. The number of nitrogen functional groups attached to an aromatic ring is 1. The van der Waals surface area contributed by atoms with Gasteiger partial charge in [-0.25, -0.2) is 15.0 Å². The molecule has 2 aromatic rings. The van der Waals surface area contributed by atoms with E-state index < -0.39 is 11.9 Å². The molecule has 0 bridgehead atoms. The van der Waals surface area contributed by atoms with Gasteiger partial charge in [0.05, 0.1) is 0 Å². The molecule has 3 heterocycles. The van der Waals surface area contributed by atoms with Gasteiger partial charge in [0.1, 0.15) is 11.5 Å². The second kappa shape index (κ2) is 6.83. The molecule has 9 heteroatoms. The molecular weight excluding hydrogens is 333 g/mol. The Hall–Kier alpha value is -2.42. The second-order valence-electron chi connectivity index (χ2n) is 6.00. The van der Waals surface area contributed by atoms with Crippen molar-refractivity contribution in [2.75, 3.05) is 36.8 Å². The van der Waals surface area contributed by atoms with E-state index in [4.69, 9.17) is 5.73 Å². The third-order valence-electron chi connectivity index (χ3n) is 4.11. The Balaban J connectivity index is 1.66. The summed E-state index contributed by atoms with van der Waals surface area (Å²) in [6.45, 7) is 4.69. The van der Waals surface area contributed by atoms with Crippen molar-refractivity contribution in [3.8, 4) is 0 Å². The molecule has 1 fully saturated rings. The first kappa shape index (κ1) is 17.4. The number of aromatic nitrogens is 3. The molecule has 25 heavy (non-hydrogen) atoms. The maximum atomic E-state index is 12.9. The Labute approximate surface area is 143 Å². The van der Waals surface area contributed by atoms with Gasteiger partial charge in [-0.1, -0.05) is 6.07 Å². The molecule has 134 valence electrons. The van der Waals surface area contributed by atoms with Gasteiger partial charge in [0.15, 0.2) is 0 Å². The minimum atomic E-state index is -4.47. The molecule has 0 aliphatic carbocycles. The highest BCUT2D eigenvalue weighted by Crippen LogP contribution is 2.29. The van der Waals surface area contributed by atoms with Gasteiger partial charge in [-0.2, -0.15) is 13.2 Å². The first-order chi connectivity index (χ1) is 11.8. The average Bonchev–Trinajstić information content (AvgIpc) is 2.56. The predicted molar refractivity (Wildman–Crippen MR) is 87.9 cm³/mol. The summed E-state index contributed by atoms with van der Waals surface area (Å²) in [7, 11) is 0. The number of rotatable bonds is 3. The third-order valence-corrected chi connectivity index (χ3v) is 4.11. The standard InChI is InChI=1S/C16H19F3N6/c1-11-9-13(16(17,18)19)23-15(22-11)25-7-5-24(6-8-25)10-12-3-2-4-21-14(12)20/h2-4,9H,5-8,10H2,1H3,(H2,20,21). The van der Waals surface area contributed by atoms with E-state index in [-0.39, 0.29) is 5.95 Å². The molecule has 2 aromatic heterocycles. The predicted octanol–water partition coefficient (Wildman–Crippen LogP) is 2.10. The number of anilines is 2. The van der Waals surface area contributed by atoms with Crippen LogP contribution in [0.1, 0.15) is 17.0 Å². The van der Waals surface area contributed by atoms with Crippen molar-refractivity contribution < 1.29 is 13.2 Å². The molecule has 2 N–H and O–H groups in total. The zero-order chi connectivity index (χ0) is 18.0. The van der Waals surface area contributed by atoms with Crippen LogP contribution in [0, 0.1) is 6.92 Å². The number of hydrogen-bond acceptors (Lipinski definition) is 6. The smallest absolute Gasteiger partial charge is 0.383 e. The summed E-state index contributed by atoms with van der Waals surface area (Å²) in [4.78, 5) is 15.9. The summed E-state index contributed by atoms with van der Waals surface area (Å²) in [5, 5.41) is 0. The molecule has 1 aliphatic rings. The van der Waals surface area contributed by atoms with E-state index >= 15 is 0 Å². The van der Waals surface area contributed by atoms with E-state index in [1.165, 1.54) is 0 Å². The molecule has 1 saturated heterocycles. The maximum Gasteiger partial charge on any atom is 0.433 e. The van der Waals surface area contributed by atoms with E-state index in [0.717, 1.165) is 11.6 Å². The van der Waals surface area contributed by atoms with Crippen molar-refractivity contribution in [3.05, 3.63) is 41.3 Å². The monoisotopic (exact) mass is 352 g/mol. The lowest BCUT2D eigenvalue weighted by Gasteiger charge is -2.35. The van der Waals surface area contributed by atoms with E-state index in [0.29, 0.717) is 44.2 Å². The van der Waals surface area contributed by atoms with Gasteiger partial charge in [0.25, 0.3) is 0 Å². The van der Waals surface area contributed by atoms with E-state index in [1.54, 1.807) is 18.0 Å². The molecule has 6 nitrogen and oxygen atoms in total. The topological polar surface area (TPSA) is 71.2 Å². The van der Waals surface area contributed by atoms with Crippen LogP contribution < -0.4 is 10.6 Å². The molecule has 0 spiro atoms. The molecule has 0 saturated carbocycles. The van der Waals surface area contributed by atoms with Gasteiger partial charge >= 0.3 is 6.18 Å². The fourth-order valence-electron chi connectivity index (χ4n) is 2.77. The van der Waals surface area contributed by atoms with Crippen molar-refractivity contribution in [2.45, 2.75) is 19.6 Å². The Kier molecular flexibility index (Phi) is 4.76. The van der Waals surface area contributed by atoms with Gasteiger partial charge in [-0.05, 0) is 19.1 Å². The zero-order valence-electron chi connectivity index (χ0n) is 13.8. The Morgan fingerprint density at radius 3 is 2.52 bits per heavy atom. The number of halogens is 3. The van der Waals surface area contributed by atoms with Crippen molar-refractivity contribution in [1.82, 2.24) is 19.9 Å². The van der Waals surface area contributed by atoms with Gasteiger partial charge in [-0.15, -0.1) is 0 Å². The molecule has 0 radical (unpaired) electrons. The van der Waals surface area contributed by atoms with Crippen molar-refractivity contribution in [2.24, 2.45) is 0 Å². The normalized spacial score (nSPS) is 16.2. The lowest BCUT2D eigenvalue weighted by Crippen LogP contribution is -2.46. The zero-order valence-corrected chi connectivity index (χ0v) is 13.8. The van der Waals surface area contributed by atoms with E-state index in [9.17, 15) is 13.2 Å². The summed E-state index contributed by atoms with van der Waals surface area (Å²) in [6, 6.07) is 4.72. The highest BCUT2D eigenvalue weighted by atomic mass is 19.4. The highest BCUT2D eigenvalue weighted by molar-refractivity contribution is 5.38. The maximum absolute atomic E-state index is 12.9. The first-order valence-corrected chi connectivity index (χ1v) is 7.92. The van der Waals surface area contributed by atoms with Crippen LogP contribution in [-0.4, -0.2) is 46.0 Å². The quantitative estimate of drug-likeness (QED) is 0.912. The van der Waals surface area contributed by atoms with Gasteiger partial charge in [-0.3, -0.25) is 4.90 Å². The molecule has 0 atom stereocenters. The van der Waals surface area contributed by atoms with E-state index in [2.05, 4.69) is 19.9 Å². The lowest BCUT2D eigenvalue weighted by atomic mass is 10.2. The fraction of sp³-hybridized carbons (Fsp3) is 0.438.